The van der Waals surface area contributed by atoms with Gasteiger partial charge in [-0.1, -0.05) is 13.8 Å². The van der Waals surface area contributed by atoms with E-state index in [9.17, 15) is 0 Å². The molecule has 0 radical (unpaired) electrons. The minimum Gasteiger partial charge on any atom is -0.380 e. The molecule has 1 aliphatic rings. The lowest BCUT2D eigenvalue weighted by Crippen LogP contribution is -2.58. The molecule has 2 aromatic heterocycles. The fourth-order valence-corrected chi connectivity index (χ4v) is 3.24. The molecule has 1 aliphatic carbocycles. The van der Waals surface area contributed by atoms with Crippen molar-refractivity contribution in [1.29, 1.82) is 0 Å². The largest absolute Gasteiger partial charge is 0.380 e. The summed E-state index contributed by atoms with van der Waals surface area (Å²) in [5.74, 6) is 0. The van der Waals surface area contributed by atoms with E-state index in [1.165, 1.54) is 0 Å². The molecule has 0 saturated heterocycles. The van der Waals surface area contributed by atoms with Crippen LogP contribution in [0.15, 0.2) is 29.0 Å². The Hall–Kier alpha value is -1.20. The maximum Gasteiger partial charge on any atom is 0.112 e. The number of fused-ring (bicyclic) bond motifs is 1. The van der Waals surface area contributed by atoms with Crippen LogP contribution in [0.4, 0.5) is 5.69 Å². The number of nitrogens with zero attached hydrogens (tertiary/aromatic N) is 2. The van der Waals surface area contributed by atoms with Crippen LogP contribution in [-0.4, -0.2) is 28.7 Å². The van der Waals surface area contributed by atoms with E-state index in [-0.39, 0.29) is 5.41 Å². The second kappa shape index (κ2) is 5.54. The molecule has 0 amide bonds. The highest BCUT2D eigenvalue weighted by Crippen LogP contribution is 2.44. The van der Waals surface area contributed by atoms with Crippen LogP contribution in [0.5, 0.6) is 0 Å². The normalized spacial score (nSPS) is 23.8. The van der Waals surface area contributed by atoms with Crippen LogP contribution in [0.1, 0.15) is 27.2 Å². The number of hydrogen-bond donors (Lipinski definition) is 1. The number of aromatic nitrogens is 2. The van der Waals surface area contributed by atoms with Gasteiger partial charge in [0, 0.05) is 34.9 Å². The van der Waals surface area contributed by atoms with E-state index in [0.717, 1.165) is 34.2 Å². The van der Waals surface area contributed by atoms with Crippen LogP contribution in [-0.2, 0) is 4.74 Å². The van der Waals surface area contributed by atoms with Gasteiger partial charge in [-0.3, -0.25) is 9.97 Å². The number of anilines is 1. The van der Waals surface area contributed by atoms with Gasteiger partial charge in [0.25, 0.3) is 0 Å². The lowest BCUT2D eigenvalue weighted by molar-refractivity contribution is -0.0975. The van der Waals surface area contributed by atoms with Crippen LogP contribution < -0.4 is 5.32 Å². The zero-order valence-electron chi connectivity index (χ0n) is 12.6. The Balaban J connectivity index is 1.83. The van der Waals surface area contributed by atoms with Crippen molar-refractivity contribution in [1.82, 2.24) is 9.97 Å². The molecule has 5 heteroatoms. The Bertz CT molecular complexity index is 659. The summed E-state index contributed by atoms with van der Waals surface area (Å²) in [7, 11) is 0. The van der Waals surface area contributed by atoms with E-state index in [1.54, 1.807) is 0 Å². The van der Waals surface area contributed by atoms with Crippen molar-refractivity contribution in [3.05, 3.63) is 29.0 Å². The van der Waals surface area contributed by atoms with E-state index in [2.05, 4.69) is 52.0 Å². The van der Waals surface area contributed by atoms with Gasteiger partial charge in [0.2, 0.25) is 0 Å². The maximum atomic E-state index is 5.79. The van der Waals surface area contributed by atoms with Crippen LogP contribution in [0.3, 0.4) is 0 Å². The number of hydrogen-bond acceptors (Lipinski definition) is 4. The Labute approximate surface area is 133 Å². The first-order valence-corrected chi connectivity index (χ1v) is 8.10. The molecule has 1 N–H and O–H groups in total. The molecular formula is C16H20BrN3O. The van der Waals surface area contributed by atoms with Crippen molar-refractivity contribution < 1.29 is 4.74 Å². The van der Waals surface area contributed by atoms with Crippen molar-refractivity contribution in [2.75, 3.05) is 11.9 Å². The molecule has 2 heterocycles. The molecule has 2 aromatic rings. The minimum absolute atomic E-state index is 0.126. The van der Waals surface area contributed by atoms with Crippen molar-refractivity contribution in [3.63, 3.8) is 0 Å². The fourth-order valence-electron chi connectivity index (χ4n) is 2.92. The van der Waals surface area contributed by atoms with Gasteiger partial charge in [-0.25, -0.2) is 0 Å². The summed E-state index contributed by atoms with van der Waals surface area (Å²) in [6.45, 7) is 7.33. The van der Waals surface area contributed by atoms with E-state index >= 15 is 0 Å². The van der Waals surface area contributed by atoms with Crippen molar-refractivity contribution in [3.8, 4) is 0 Å². The Morgan fingerprint density at radius 1 is 1.43 bits per heavy atom. The molecule has 1 fully saturated rings. The first-order valence-electron chi connectivity index (χ1n) is 7.30. The zero-order valence-corrected chi connectivity index (χ0v) is 14.1. The van der Waals surface area contributed by atoms with Crippen LogP contribution in [0.25, 0.3) is 11.0 Å². The smallest absolute Gasteiger partial charge is 0.112 e. The summed E-state index contributed by atoms with van der Waals surface area (Å²) in [6, 6.07) is 4.38. The van der Waals surface area contributed by atoms with Crippen molar-refractivity contribution >= 4 is 32.7 Å². The number of pyridine rings is 2. The SMILES string of the molecule is CCOC1CC(Nc2ccnc3cc(Br)cnc23)C1(C)C. The highest BCUT2D eigenvalue weighted by atomic mass is 79.9. The van der Waals surface area contributed by atoms with Gasteiger partial charge < -0.3 is 10.1 Å². The topological polar surface area (TPSA) is 47.0 Å². The van der Waals surface area contributed by atoms with Gasteiger partial charge in [-0.05, 0) is 41.4 Å². The van der Waals surface area contributed by atoms with Crippen LogP contribution >= 0.6 is 15.9 Å². The first kappa shape index (κ1) is 14.7. The average Bonchev–Trinajstić information content (AvgIpc) is 2.46. The van der Waals surface area contributed by atoms with Crippen molar-refractivity contribution in [2.45, 2.75) is 39.3 Å². The van der Waals surface area contributed by atoms with E-state index in [0.29, 0.717) is 12.1 Å². The summed E-state index contributed by atoms with van der Waals surface area (Å²) < 4.78 is 6.73. The molecule has 0 spiro atoms. The predicted octanol–water partition coefficient (Wildman–Crippen LogP) is 4.01. The molecule has 2 unspecified atom stereocenters. The summed E-state index contributed by atoms with van der Waals surface area (Å²) in [4.78, 5) is 8.87. The molecule has 0 aromatic carbocycles. The number of rotatable bonds is 4. The zero-order chi connectivity index (χ0) is 15.0. The minimum atomic E-state index is 0.126. The first-order chi connectivity index (χ1) is 10.0. The van der Waals surface area contributed by atoms with E-state index in [4.69, 9.17) is 4.74 Å². The van der Waals surface area contributed by atoms with Gasteiger partial charge in [-0.15, -0.1) is 0 Å². The third-order valence-electron chi connectivity index (χ3n) is 4.42. The molecule has 2 atom stereocenters. The molecule has 3 rings (SSSR count). The Morgan fingerprint density at radius 2 is 2.24 bits per heavy atom. The summed E-state index contributed by atoms with van der Waals surface area (Å²) in [5, 5.41) is 3.62. The molecule has 0 aliphatic heterocycles. The molecule has 4 nitrogen and oxygen atoms in total. The van der Waals surface area contributed by atoms with Crippen LogP contribution in [0, 0.1) is 5.41 Å². The number of nitrogens with one attached hydrogen (secondary N) is 1. The lowest BCUT2D eigenvalue weighted by atomic mass is 9.64. The lowest BCUT2D eigenvalue weighted by Gasteiger charge is -2.52. The van der Waals surface area contributed by atoms with Gasteiger partial charge in [0.05, 0.1) is 17.3 Å². The summed E-state index contributed by atoms with van der Waals surface area (Å²) in [6.07, 6.45) is 4.99. The second-order valence-electron chi connectivity index (χ2n) is 6.08. The number of halogens is 1. The Kier molecular flexibility index (Phi) is 3.88. The average molecular weight is 350 g/mol. The maximum absolute atomic E-state index is 5.79. The predicted molar refractivity (Wildman–Crippen MR) is 88.5 cm³/mol. The van der Waals surface area contributed by atoms with E-state index in [1.807, 2.05) is 24.5 Å². The van der Waals surface area contributed by atoms with Gasteiger partial charge in [0.1, 0.15) is 5.52 Å². The quantitative estimate of drug-likeness (QED) is 0.905. The Morgan fingerprint density at radius 3 is 2.95 bits per heavy atom. The molecule has 0 bridgehead atoms. The molecular weight excluding hydrogens is 330 g/mol. The molecule has 21 heavy (non-hydrogen) atoms. The highest BCUT2D eigenvalue weighted by molar-refractivity contribution is 9.10. The van der Waals surface area contributed by atoms with Gasteiger partial charge >= 0.3 is 0 Å². The monoisotopic (exact) mass is 349 g/mol. The third kappa shape index (κ3) is 2.64. The van der Waals surface area contributed by atoms with Crippen molar-refractivity contribution in [2.24, 2.45) is 5.41 Å². The summed E-state index contributed by atoms with van der Waals surface area (Å²) in [5.41, 5.74) is 2.98. The second-order valence-corrected chi connectivity index (χ2v) is 6.99. The van der Waals surface area contributed by atoms with Crippen LogP contribution in [0.2, 0.25) is 0 Å². The third-order valence-corrected chi connectivity index (χ3v) is 4.85. The van der Waals surface area contributed by atoms with E-state index < -0.39 is 0 Å². The molecule has 1 saturated carbocycles. The van der Waals surface area contributed by atoms with Gasteiger partial charge in [-0.2, -0.15) is 0 Å². The fraction of sp³-hybridized carbons (Fsp3) is 0.500. The highest BCUT2D eigenvalue weighted by Gasteiger charge is 2.49. The molecule has 112 valence electrons. The standard InChI is InChI=1S/C16H20BrN3O/c1-4-21-14-8-13(16(14,2)3)20-11-5-6-18-12-7-10(17)9-19-15(11)12/h5-7,9,13-14H,4,8H2,1-3H3,(H,18,20). The summed E-state index contributed by atoms with van der Waals surface area (Å²) >= 11 is 3.44. The van der Waals surface area contributed by atoms with Gasteiger partial charge in [0.15, 0.2) is 0 Å². The number of ether oxygens (including phenoxy) is 1.